The second kappa shape index (κ2) is 9.99. The molecule has 0 bridgehead atoms. The van der Waals surface area contributed by atoms with Crippen LogP contribution < -0.4 is 20.5 Å². The van der Waals surface area contributed by atoms with Gasteiger partial charge in [0.1, 0.15) is 26.3 Å². The Morgan fingerprint density at radius 2 is 1.54 bits per heavy atom. The summed E-state index contributed by atoms with van der Waals surface area (Å²) >= 11 is 7.07. The Morgan fingerprint density at radius 1 is 0.943 bits per heavy atom. The van der Waals surface area contributed by atoms with E-state index in [1.54, 1.807) is 60.7 Å². The van der Waals surface area contributed by atoms with E-state index in [0.29, 0.717) is 27.8 Å². The summed E-state index contributed by atoms with van der Waals surface area (Å²) in [5.41, 5.74) is 7.13. The van der Waals surface area contributed by atoms with Crippen molar-refractivity contribution in [2.45, 2.75) is 9.79 Å². The molecule has 0 radical (unpaired) electrons. The Balaban J connectivity index is 1.85. The Labute approximate surface area is 212 Å². The number of ketones is 1. The maximum Gasteiger partial charge on any atom is 0.211 e. The van der Waals surface area contributed by atoms with Crippen LogP contribution in [0.1, 0.15) is 15.2 Å². The van der Waals surface area contributed by atoms with E-state index in [9.17, 15) is 13.2 Å². The van der Waals surface area contributed by atoms with Crippen molar-refractivity contribution in [1.82, 2.24) is 0 Å². The van der Waals surface area contributed by atoms with Crippen LogP contribution in [-0.4, -0.2) is 28.4 Å². The third-order valence-electron chi connectivity index (χ3n) is 5.18. The molecule has 0 aliphatic carbocycles. The van der Waals surface area contributed by atoms with E-state index >= 15 is 0 Å². The topological polar surface area (TPSA) is 108 Å². The highest BCUT2D eigenvalue weighted by atomic mass is 35.5. The van der Waals surface area contributed by atoms with Crippen molar-refractivity contribution in [2.75, 3.05) is 25.3 Å². The maximum absolute atomic E-state index is 13.7. The van der Waals surface area contributed by atoms with Gasteiger partial charge in [0.25, 0.3) is 0 Å². The molecule has 1 heterocycles. The minimum absolute atomic E-state index is 0.0143. The number of methoxy groups -OCH3 is 2. The Morgan fingerprint density at radius 3 is 2.11 bits per heavy atom. The lowest BCUT2D eigenvalue weighted by molar-refractivity contribution is 0.104. The number of rotatable bonds is 8. The van der Waals surface area contributed by atoms with Gasteiger partial charge in [0, 0.05) is 16.3 Å². The molecule has 0 aliphatic heterocycles. The van der Waals surface area contributed by atoms with Gasteiger partial charge in [0.05, 0.1) is 24.8 Å². The van der Waals surface area contributed by atoms with Crippen LogP contribution in [0.2, 0.25) is 5.02 Å². The number of sulfone groups is 1. The van der Waals surface area contributed by atoms with Crippen LogP contribution in [0, 0.1) is 0 Å². The van der Waals surface area contributed by atoms with E-state index in [2.05, 4.69) is 5.32 Å². The van der Waals surface area contributed by atoms with Crippen LogP contribution in [0.4, 0.5) is 16.4 Å². The summed E-state index contributed by atoms with van der Waals surface area (Å²) in [6, 6.07) is 19.2. The SMILES string of the molecule is COc1ccc(C(=O)c2sc(Nc3cccc(Cl)c3)c(S(=O)(=O)c3ccc(OC)cc3)c2N)cc1. The van der Waals surface area contributed by atoms with Crippen LogP contribution in [0.3, 0.4) is 0 Å². The van der Waals surface area contributed by atoms with E-state index in [-0.39, 0.29) is 25.4 Å². The summed E-state index contributed by atoms with van der Waals surface area (Å²) in [5, 5.41) is 3.75. The van der Waals surface area contributed by atoms with Gasteiger partial charge in [-0.05, 0) is 66.7 Å². The van der Waals surface area contributed by atoms with Gasteiger partial charge in [-0.2, -0.15) is 0 Å². The number of anilines is 3. The van der Waals surface area contributed by atoms with Crippen molar-refractivity contribution in [3.8, 4) is 11.5 Å². The molecule has 0 aliphatic rings. The average molecular weight is 529 g/mol. The number of hydrogen-bond acceptors (Lipinski definition) is 8. The van der Waals surface area contributed by atoms with Gasteiger partial charge in [0.2, 0.25) is 15.6 Å². The number of ether oxygens (including phenoxy) is 2. The second-order valence-electron chi connectivity index (χ2n) is 7.38. The molecule has 3 aromatic carbocycles. The van der Waals surface area contributed by atoms with Gasteiger partial charge in [-0.25, -0.2) is 8.42 Å². The van der Waals surface area contributed by atoms with Crippen LogP contribution in [-0.2, 0) is 9.84 Å². The molecule has 0 fully saturated rings. The fourth-order valence-corrected chi connectivity index (χ4v) is 6.51. The van der Waals surface area contributed by atoms with Gasteiger partial charge in [0.15, 0.2) is 0 Å². The van der Waals surface area contributed by atoms with E-state index < -0.39 is 15.6 Å². The van der Waals surface area contributed by atoms with Crippen molar-refractivity contribution in [2.24, 2.45) is 0 Å². The smallest absolute Gasteiger partial charge is 0.211 e. The fourth-order valence-electron chi connectivity index (χ4n) is 3.39. The predicted molar refractivity (Wildman–Crippen MR) is 138 cm³/mol. The number of benzene rings is 3. The predicted octanol–water partition coefficient (Wildman–Crippen LogP) is 5.81. The van der Waals surface area contributed by atoms with E-state index in [1.807, 2.05) is 0 Å². The number of nitrogens with two attached hydrogens (primary N) is 1. The number of nitrogen functional groups attached to an aromatic ring is 1. The van der Waals surface area contributed by atoms with Crippen LogP contribution >= 0.6 is 22.9 Å². The summed E-state index contributed by atoms with van der Waals surface area (Å²) in [5.74, 6) is 0.696. The zero-order chi connectivity index (χ0) is 25.2. The third-order valence-corrected chi connectivity index (χ3v) is 8.52. The quantitative estimate of drug-likeness (QED) is 0.278. The minimum Gasteiger partial charge on any atom is -0.497 e. The molecule has 35 heavy (non-hydrogen) atoms. The average Bonchev–Trinajstić information content (AvgIpc) is 3.19. The Bertz CT molecular complexity index is 1480. The second-order valence-corrected chi connectivity index (χ2v) is 10.7. The lowest BCUT2D eigenvalue weighted by Gasteiger charge is -2.10. The number of hydrogen-bond donors (Lipinski definition) is 2. The molecule has 0 atom stereocenters. The molecule has 0 unspecified atom stereocenters. The number of nitrogens with one attached hydrogen (secondary N) is 1. The normalized spacial score (nSPS) is 11.2. The number of carbonyl (C=O) groups is 1. The molecular formula is C25H21ClN2O5S2. The molecule has 10 heteroatoms. The Hall–Kier alpha value is -3.53. The van der Waals surface area contributed by atoms with E-state index in [4.69, 9.17) is 26.8 Å². The highest BCUT2D eigenvalue weighted by molar-refractivity contribution is 7.92. The summed E-state index contributed by atoms with van der Waals surface area (Å²) in [7, 11) is -1.08. The monoisotopic (exact) mass is 528 g/mol. The number of halogens is 1. The first-order valence-corrected chi connectivity index (χ1v) is 12.9. The largest absolute Gasteiger partial charge is 0.497 e. The molecule has 180 valence electrons. The first kappa shape index (κ1) is 24.6. The first-order valence-electron chi connectivity index (χ1n) is 10.3. The third kappa shape index (κ3) is 4.97. The van der Waals surface area contributed by atoms with Gasteiger partial charge in [-0.1, -0.05) is 17.7 Å². The molecule has 4 rings (SSSR count). The van der Waals surface area contributed by atoms with Gasteiger partial charge < -0.3 is 20.5 Å². The molecule has 3 N–H and O–H groups in total. The van der Waals surface area contributed by atoms with Crippen molar-refractivity contribution in [3.63, 3.8) is 0 Å². The number of carbonyl (C=O) groups excluding carboxylic acids is 1. The van der Waals surface area contributed by atoms with Gasteiger partial charge >= 0.3 is 0 Å². The highest BCUT2D eigenvalue weighted by Gasteiger charge is 2.31. The van der Waals surface area contributed by atoms with Crippen molar-refractivity contribution in [3.05, 3.63) is 88.3 Å². The molecule has 0 saturated carbocycles. The molecular weight excluding hydrogens is 508 g/mol. The van der Waals surface area contributed by atoms with Crippen molar-refractivity contribution in [1.29, 1.82) is 0 Å². The molecule has 1 aromatic heterocycles. The summed E-state index contributed by atoms with van der Waals surface area (Å²) in [4.78, 5) is 13.3. The lowest BCUT2D eigenvalue weighted by atomic mass is 10.1. The van der Waals surface area contributed by atoms with E-state index in [1.165, 1.54) is 26.4 Å². The highest BCUT2D eigenvalue weighted by Crippen LogP contribution is 2.44. The van der Waals surface area contributed by atoms with Crippen LogP contribution in [0.25, 0.3) is 0 Å². The summed E-state index contributed by atoms with van der Waals surface area (Å²) < 4.78 is 37.6. The molecule has 7 nitrogen and oxygen atoms in total. The van der Waals surface area contributed by atoms with Crippen LogP contribution in [0.15, 0.2) is 82.6 Å². The standard InChI is InChI=1S/C25H21ClN2O5S2/c1-32-18-8-6-15(7-9-18)22(29)23-21(27)24(25(34-23)28-17-5-3-4-16(26)14-17)35(30,31)20-12-10-19(33-2)11-13-20/h3-14,28H,27H2,1-2H3. The molecule has 0 saturated heterocycles. The number of thiophene rings is 1. The molecule has 0 amide bonds. The first-order chi connectivity index (χ1) is 16.7. The van der Waals surface area contributed by atoms with Gasteiger partial charge in [-0.15, -0.1) is 11.3 Å². The van der Waals surface area contributed by atoms with Crippen LogP contribution in [0.5, 0.6) is 11.5 Å². The minimum atomic E-state index is -4.10. The Kier molecular flexibility index (Phi) is 7.02. The summed E-state index contributed by atoms with van der Waals surface area (Å²) in [6.45, 7) is 0. The fraction of sp³-hybridized carbons (Fsp3) is 0.0800. The molecule has 4 aromatic rings. The van der Waals surface area contributed by atoms with Gasteiger partial charge in [-0.3, -0.25) is 4.79 Å². The summed E-state index contributed by atoms with van der Waals surface area (Å²) in [6.07, 6.45) is 0. The van der Waals surface area contributed by atoms with Crippen molar-refractivity contribution < 1.29 is 22.7 Å². The van der Waals surface area contributed by atoms with Crippen molar-refractivity contribution >= 4 is 54.9 Å². The lowest BCUT2D eigenvalue weighted by Crippen LogP contribution is -2.08. The zero-order valence-corrected chi connectivity index (χ0v) is 21.1. The van der Waals surface area contributed by atoms with E-state index in [0.717, 1.165) is 11.3 Å². The maximum atomic E-state index is 13.7. The zero-order valence-electron chi connectivity index (χ0n) is 18.7. The molecule has 0 spiro atoms.